The van der Waals surface area contributed by atoms with E-state index in [4.69, 9.17) is 4.42 Å². The third-order valence-corrected chi connectivity index (χ3v) is 8.56. The van der Waals surface area contributed by atoms with Crippen molar-refractivity contribution in [3.05, 3.63) is 76.3 Å². The van der Waals surface area contributed by atoms with Crippen molar-refractivity contribution >= 4 is 33.3 Å². The van der Waals surface area contributed by atoms with Crippen molar-refractivity contribution in [2.75, 3.05) is 31.5 Å². The summed E-state index contributed by atoms with van der Waals surface area (Å²) in [6.45, 7) is 5.92. The van der Waals surface area contributed by atoms with Gasteiger partial charge >= 0.3 is 0 Å². The molecule has 7 nitrogen and oxygen atoms in total. The minimum absolute atomic E-state index is 0.108. The van der Waals surface area contributed by atoms with Crippen LogP contribution in [0.15, 0.2) is 53.4 Å². The first-order valence-corrected chi connectivity index (χ1v) is 13.1. The summed E-state index contributed by atoms with van der Waals surface area (Å²) in [4.78, 5) is 28.6. The number of amides is 1. The summed E-state index contributed by atoms with van der Waals surface area (Å²) in [5.41, 5.74) is 3.93. The Kier molecular flexibility index (Phi) is 6.00. The average molecular weight is 488 g/mol. The maximum atomic E-state index is 13.5. The number of aryl methyl sites for hydroxylation is 2. The van der Waals surface area contributed by atoms with Crippen LogP contribution in [0.1, 0.15) is 38.5 Å². The zero-order valence-corrected chi connectivity index (χ0v) is 20.7. The number of carbonyl (C=O) groups excluding carboxylic acids is 1. The highest BCUT2D eigenvalue weighted by Gasteiger charge is 2.30. The van der Waals surface area contributed by atoms with Crippen LogP contribution >= 0.6 is 11.3 Å². The van der Waals surface area contributed by atoms with Crippen molar-refractivity contribution in [1.29, 1.82) is 0 Å². The van der Waals surface area contributed by atoms with Crippen molar-refractivity contribution in [3.8, 4) is 0 Å². The fourth-order valence-electron chi connectivity index (χ4n) is 5.42. The van der Waals surface area contributed by atoms with Gasteiger partial charge in [0.05, 0.1) is 23.1 Å². The zero-order chi connectivity index (χ0) is 23.8. The van der Waals surface area contributed by atoms with Gasteiger partial charge in [-0.15, -0.1) is 11.3 Å². The second-order valence-electron chi connectivity index (χ2n) is 9.39. The quantitative estimate of drug-likeness (QED) is 0.446. The highest BCUT2D eigenvalue weighted by Crippen LogP contribution is 2.34. The van der Waals surface area contributed by atoms with Crippen LogP contribution < -0.4 is 5.32 Å². The van der Waals surface area contributed by atoms with E-state index in [2.05, 4.69) is 44.5 Å². The van der Waals surface area contributed by atoms with Crippen LogP contribution in [0, 0.1) is 6.92 Å². The number of rotatable bonds is 5. The van der Waals surface area contributed by atoms with E-state index in [1.54, 1.807) is 12.6 Å². The first kappa shape index (κ1) is 22.2. The van der Waals surface area contributed by atoms with Gasteiger partial charge in [0.25, 0.3) is 5.91 Å². The van der Waals surface area contributed by atoms with E-state index in [0.717, 1.165) is 71.3 Å². The lowest BCUT2D eigenvalue weighted by molar-refractivity contribution is 0.0557. The van der Waals surface area contributed by atoms with Gasteiger partial charge in [0.1, 0.15) is 22.7 Å². The number of furan rings is 1. The molecule has 4 heterocycles. The van der Waals surface area contributed by atoms with Crippen molar-refractivity contribution in [2.45, 2.75) is 38.8 Å². The summed E-state index contributed by atoms with van der Waals surface area (Å²) < 4.78 is 5.42. The molecule has 1 aliphatic carbocycles. The molecule has 35 heavy (non-hydrogen) atoms. The summed E-state index contributed by atoms with van der Waals surface area (Å²) >= 11 is 1.46. The molecule has 6 rings (SSSR count). The van der Waals surface area contributed by atoms with E-state index >= 15 is 0 Å². The number of carbonyl (C=O) groups is 1. The number of nitrogens with one attached hydrogen (secondary N) is 1. The molecule has 1 amide bonds. The topological polar surface area (TPSA) is 74.5 Å². The van der Waals surface area contributed by atoms with E-state index in [1.807, 2.05) is 24.0 Å². The summed E-state index contributed by atoms with van der Waals surface area (Å²) in [6.07, 6.45) is 6.68. The molecule has 3 aromatic heterocycles. The standard InChI is InChI=1S/C27H29N5O2S/c1-18-23-25(28-16-22-7-4-14-34-22)29-17-30-26(23)35-24(18)27(33)32-12-10-31(11-13-32)21-9-8-19-5-2-3-6-20(19)15-21/h2-7,14,17,21H,8-13,15-16H2,1H3,(H,28,29,30)/t21-/m1/s1. The average Bonchev–Trinajstić information content (AvgIpc) is 3.55. The molecule has 1 N–H and O–H groups in total. The van der Waals surface area contributed by atoms with Gasteiger partial charge < -0.3 is 14.6 Å². The normalized spacial score (nSPS) is 18.5. The van der Waals surface area contributed by atoms with Gasteiger partial charge in [-0.25, -0.2) is 9.97 Å². The summed E-state index contributed by atoms with van der Waals surface area (Å²) in [5.74, 6) is 1.68. The molecule has 180 valence electrons. The number of hydrogen-bond donors (Lipinski definition) is 1. The van der Waals surface area contributed by atoms with Gasteiger partial charge in [-0.2, -0.15) is 0 Å². The maximum Gasteiger partial charge on any atom is 0.264 e. The number of thiophene rings is 1. The lowest BCUT2D eigenvalue weighted by atomic mass is 9.87. The first-order valence-electron chi connectivity index (χ1n) is 12.3. The first-order chi connectivity index (χ1) is 17.2. The second-order valence-corrected chi connectivity index (χ2v) is 10.4. The number of anilines is 1. The lowest BCUT2D eigenvalue weighted by Gasteiger charge is -2.41. The van der Waals surface area contributed by atoms with Gasteiger partial charge in [-0.3, -0.25) is 9.69 Å². The van der Waals surface area contributed by atoms with E-state index < -0.39 is 0 Å². The molecule has 1 aliphatic heterocycles. The predicted octanol–water partition coefficient (Wildman–Crippen LogP) is 4.52. The predicted molar refractivity (Wildman–Crippen MR) is 138 cm³/mol. The minimum Gasteiger partial charge on any atom is -0.467 e. The molecule has 0 bridgehead atoms. The zero-order valence-electron chi connectivity index (χ0n) is 19.9. The molecule has 4 aromatic rings. The fraction of sp³-hybridized carbons (Fsp3) is 0.370. The van der Waals surface area contributed by atoms with Crippen LogP contribution in [-0.2, 0) is 19.4 Å². The molecular weight excluding hydrogens is 458 g/mol. The largest absolute Gasteiger partial charge is 0.467 e. The van der Waals surface area contributed by atoms with E-state index in [-0.39, 0.29) is 5.91 Å². The summed E-state index contributed by atoms with van der Waals surface area (Å²) in [5, 5.41) is 4.27. The van der Waals surface area contributed by atoms with Crippen molar-refractivity contribution in [3.63, 3.8) is 0 Å². The molecule has 0 saturated carbocycles. The number of nitrogens with zero attached hydrogens (tertiary/aromatic N) is 4. The Morgan fingerprint density at radius 1 is 1.11 bits per heavy atom. The Morgan fingerprint density at radius 3 is 2.74 bits per heavy atom. The van der Waals surface area contributed by atoms with Crippen LogP contribution in [0.5, 0.6) is 0 Å². The Morgan fingerprint density at radius 2 is 1.94 bits per heavy atom. The summed E-state index contributed by atoms with van der Waals surface area (Å²) in [7, 11) is 0. The molecule has 1 fully saturated rings. The van der Waals surface area contributed by atoms with Gasteiger partial charge in [0.2, 0.25) is 0 Å². The Hall–Kier alpha value is -3.23. The minimum atomic E-state index is 0.108. The SMILES string of the molecule is Cc1c(C(=O)N2CCN([C@@H]3CCc4ccccc4C3)CC2)sc2ncnc(NCc3ccco3)c12. The van der Waals surface area contributed by atoms with Gasteiger partial charge in [0, 0.05) is 32.2 Å². The number of fused-ring (bicyclic) bond motifs is 2. The van der Waals surface area contributed by atoms with Crippen molar-refractivity contribution < 1.29 is 9.21 Å². The maximum absolute atomic E-state index is 13.5. The lowest BCUT2D eigenvalue weighted by Crippen LogP contribution is -2.53. The highest BCUT2D eigenvalue weighted by molar-refractivity contribution is 7.20. The fourth-order valence-corrected chi connectivity index (χ4v) is 6.53. The van der Waals surface area contributed by atoms with Gasteiger partial charge in [-0.05, 0) is 55.0 Å². The van der Waals surface area contributed by atoms with E-state index in [9.17, 15) is 4.79 Å². The molecule has 8 heteroatoms. The van der Waals surface area contributed by atoms with E-state index in [0.29, 0.717) is 12.6 Å². The van der Waals surface area contributed by atoms with Gasteiger partial charge in [0.15, 0.2) is 0 Å². The Bertz CT molecular complexity index is 1340. The van der Waals surface area contributed by atoms with Crippen LogP contribution in [-0.4, -0.2) is 57.9 Å². The second kappa shape index (κ2) is 9.43. The van der Waals surface area contributed by atoms with Crippen LogP contribution in [0.4, 0.5) is 5.82 Å². The van der Waals surface area contributed by atoms with Crippen molar-refractivity contribution in [2.24, 2.45) is 0 Å². The molecule has 0 unspecified atom stereocenters. The van der Waals surface area contributed by atoms with Crippen LogP contribution in [0.2, 0.25) is 0 Å². The number of piperazine rings is 1. The van der Waals surface area contributed by atoms with Gasteiger partial charge in [-0.1, -0.05) is 24.3 Å². The smallest absolute Gasteiger partial charge is 0.264 e. The van der Waals surface area contributed by atoms with Crippen LogP contribution in [0.3, 0.4) is 0 Å². The van der Waals surface area contributed by atoms with E-state index in [1.165, 1.54) is 28.9 Å². The number of aromatic nitrogens is 2. The molecule has 1 saturated heterocycles. The number of benzene rings is 1. The highest BCUT2D eigenvalue weighted by atomic mass is 32.1. The third kappa shape index (κ3) is 4.32. The molecule has 1 atom stereocenters. The molecular formula is C27H29N5O2S. The molecule has 0 radical (unpaired) electrons. The Balaban J connectivity index is 1.14. The van der Waals surface area contributed by atoms with Crippen molar-refractivity contribution in [1.82, 2.24) is 19.8 Å². The molecule has 1 aromatic carbocycles. The molecule has 0 spiro atoms. The number of hydrogen-bond acceptors (Lipinski definition) is 7. The molecule has 2 aliphatic rings. The van der Waals surface area contributed by atoms with Crippen LogP contribution in [0.25, 0.3) is 10.2 Å². The summed E-state index contributed by atoms with van der Waals surface area (Å²) in [6, 6.07) is 13.2. The third-order valence-electron chi connectivity index (χ3n) is 7.37. The Labute approximate surface area is 208 Å². The monoisotopic (exact) mass is 487 g/mol.